The predicted octanol–water partition coefficient (Wildman–Crippen LogP) is 3.61. The smallest absolute Gasteiger partial charge is 0.251 e. The van der Waals surface area contributed by atoms with Crippen molar-refractivity contribution in [2.45, 2.75) is 4.90 Å². The molecule has 0 aromatic heterocycles. The maximum atomic E-state index is 12.6. The number of ether oxygens (including phenoxy) is 2. The molecule has 0 aliphatic carbocycles. The summed E-state index contributed by atoms with van der Waals surface area (Å²) in [5, 5.41) is 0. The lowest BCUT2D eigenvalue weighted by Crippen LogP contribution is -2.34. The molecule has 122 valence electrons. The van der Waals surface area contributed by atoms with Crippen LogP contribution < -0.4 is 14.4 Å². The van der Waals surface area contributed by atoms with E-state index in [1.165, 1.54) is 0 Å². The van der Waals surface area contributed by atoms with Gasteiger partial charge in [-0.25, -0.2) is 0 Å². The van der Waals surface area contributed by atoms with Crippen LogP contribution in [0.2, 0.25) is 0 Å². The van der Waals surface area contributed by atoms with E-state index in [1.807, 2.05) is 47.4 Å². The summed E-state index contributed by atoms with van der Waals surface area (Å²) >= 11 is 1.79. The van der Waals surface area contributed by atoms with Crippen LogP contribution >= 0.6 is 11.8 Å². The van der Waals surface area contributed by atoms with E-state index in [0.717, 1.165) is 39.9 Å². The van der Waals surface area contributed by atoms with E-state index in [4.69, 9.17) is 9.47 Å². The average Bonchev–Trinajstić information content (AvgIpc) is 2.65. The van der Waals surface area contributed by atoms with Crippen molar-refractivity contribution >= 4 is 29.4 Å². The summed E-state index contributed by atoms with van der Waals surface area (Å²) in [5.41, 5.74) is 1.91. The lowest BCUT2D eigenvalue weighted by Gasteiger charge is -2.28. The minimum absolute atomic E-state index is 0.00219. The van der Waals surface area contributed by atoms with E-state index in [2.05, 4.69) is 6.07 Å². The molecule has 4 rings (SSSR count). The van der Waals surface area contributed by atoms with Gasteiger partial charge in [-0.3, -0.25) is 4.79 Å². The monoisotopic (exact) mass is 339 g/mol. The fraction of sp³-hybridized carbons (Fsp3) is 0.211. The zero-order valence-corrected chi connectivity index (χ0v) is 13.9. The Bertz CT molecular complexity index is 803. The first-order valence-corrected chi connectivity index (χ1v) is 8.91. The molecule has 2 aliphatic heterocycles. The van der Waals surface area contributed by atoms with Crippen molar-refractivity contribution in [3.05, 3.63) is 54.1 Å². The number of nitrogens with zero attached hydrogens (tertiary/aromatic N) is 1. The molecule has 2 aromatic carbocycles. The summed E-state index contributed by atoms with van der Waals surface area (Å²) in [6.45, 7) is 1.86. The van der Waals surface area contributed by atoms with Gasteiger partial charge in [0.15, 0.2) is 11.5 Å². The molecule has 2 aliphatic rings. The van der Waals surface area contributed by atoms with Gasteiger partial charge in [0.25, 0.3) is 5.91 Å². The van der Waals surface area contributed by atoms with Gasteiger partial charge in [0.1, 0.15) is 13.2 Å². The highest BCUT2D eigenvalue weighted by atomic mass is 32.2. The standard InChI is InChI=1S/C19H17NO3S/c21-19(20-9-12-24-18-4-2-1-3-15(18)20)8-6-14-5-7-16-17(13-14)23-11-10-22-16/h1-8,13H,9-12H2. The van der Waals surface area contributed by atoms with E-state index < -0.39 is 0 Å². The third-order valence-corrected chi connectivity index (χ3v) is 5.02. The van der Waals surface area contributed by atoms with E-state index in [1.54, 1.807) is 17.8 Å². The minimum atomic E-state index is -0.00219. The number of carbonyl (C=O) groups excluding carboxylic acids is 1. The summed E-state index contributed by atoms with van der Waals surface area (Å²) in [5.74, 6) is 2.40. The van der Waals surface area contributed by atoms with Crippen molar-refractivity contribution in [3.8, 4) is 11.5 Å². The second-order valence-corrected chi connectivity index (χ2v) is 6.68. The van der Waals surface area contributed by atoms with Crippen molar-refractivity contribution in [1.29, 1.82) is 0 Å². The number of carbonyl (C=O) groups is 1. The topological polar surface area (TPSA) is 38.8 Å². The van der Waals surface area contributed by atoms with Crippen molar-refractivity contribution in [2.75, 3.05) is 30.4 Å². The van der Waals surface area contributed by atoms with Crippen molar-refractivity contribution in [3.63, 3.8) is 0 Å². The van der Waals surface area contributed by atoms with Gasteiger partial charge in [0, 0.05) is 23.3 Å². The SMILES string of the molecule is O=C(C=Cc1ccc2c(c1)OCCO2)N1CCSc2ccccc21. The molecule has 5 heteroatoms. The molecule has 0 saturated heterocycles. The molecule has 4 nitrogen and oxygen atoms in total. The van der Waals surface area contributed by atoms with Crippen LogP contribution in [0, 0.1) is 0 Å². The third kappa shape index (κ3) is 2.99. The van der Waals surface area contributed by atoms with Crippen LogP contribution in [0.25, 0.3) is 6.08 Å². The summed E-state index contributed by atoms with van der Waals surface area (Å²) in [7, 11) is 0. The molecule has 0 spiro atoms. The van der Waals surface area contributed by atoms with Crippen molar-refractivity contribution in [2.24, 2.45) is 0 Å². The normalized spacial score (nSPS) is 16.1. The molecular weight excluding hydrogens is 322 g/mol. The van der Waals surface area contributed by atoms with Crippen LogP contribution in [0.3, 0.4) is 0 Å². The number of thioether (sulfide) groups is 1. The molecule has 0 fully saturated rings. The second-order valence-electron chi connectivity index (χ2n) is 5.54. The van der Waals surface area contributed by atoms with Gasteiger partial charge in [0.05, 0.1) is 5.69 Å². The number of para-hydroxylation sites is 1. The molecule has 2 aromatic rings. The zero-order valence-electron chi connectivity index (χ0n) is 13.1. The van der Waals surface area contributed by atoms with Gasteiger partial charge in [-0.1, -0.05) is 18.2 Å². The van der Waals surface area contributed by atoms with Gasteiger partial charge >= 0.3 is 0 Å². The van der Waals surface area contributed by atoms with E-state index >= 15 is 0 Å². The lowest BCUT2D eigenvalue weighted by atomic mass is 10.1. The first kappa shape index (κ1) is 15.1. The fourth-order valence-corrected chi connectivity index (χ4v) is 3.81. The average molecular weight is 339 g/mol. The first-order chi connectivity index (χ1) is 11.8. The molecule has 2 heterocycles. The molecule has 0 radical (unpaired) electrons. The Balaban J connectivity index is 1.53. The van der Waals surface area contributed by atoms with Crippen LogP contribution in [0.15, 0.2) is 53.4 Å². The van der Waals surface area contributed by atoms with Gasteiger partial charge in [0.2, 0.25) is 0 Å². The quantitative estimate of drug-likeness (QED) is 0.784. The summed E-state index contributed by atoms with van der Waals surface area (Å²) < 4.78 is 11.1. The van der Waals surface area contributed by atoms with Crippen LogP contribution in [-0.2, 0) is 4.79 Å². The molecular formula is C19H17NO3S. The number of benzene rings is 2. The fourth-order valence-electron chi connectivity index (χ4n) is 2.82. The van der Waals surface area contributed by atoms with Gasteiger partial charge in [-0.05, 0) is 35.9 Å². The molecule has 0 bridgehead atoms. The van der Waals surface area contributed by atoms with Gasteiger partial charge < -0.3 is 14.4 Å². The summed E-state index contributed by atoms with van der Waals surface area (Å²) in [4.78, 5) is 15.6. The Labute approximate surface area is 145 Å². The zero-order chi connectivity index (χ0) is 16.4. The Hall–Kier alpha value is -2.40. The van der Waals surface area contributed by atoms with E-state index in [0.29, 0.717) is 13.2 Å². The summed E-state index contributed by atoms with van der Waals surface area (Å²) in [6.07, 6.45) is 3.45. The van der Waals surface area contributed by atoms with E-state index in [-0.39, 0.29) is 5.91 Å². The van der Waals surface area contributed by atoms with Crippen molar-refractivity contribution in [1.82, 2.24) is 0 Å². The van der Waals surface area contributed by atoms with Crippen LogP contribution in [-0.4, -0.2) is 31.4 Å². The van der Waals surface area contributed by atoms with Crippen LogP contribution in [0.1, 0.15) is 5.56 Å². The Kier molecular flexibility index (Phi) is 4.17. The Morgan fingerprint density at radius 2 is 1.92 bits per heavy atom. The highest BCUT2D eigenvalue weighted by molar-refractivity contribution is 7.99. The largest absolute Gasteiger partial charge is 0.486 e. The number of hydrogen-bond donors (Lipinski definition) is 0. The lowest BCUT2D eigenvalue weighted by molar-refractivity contribution is -0.114. The summed E-state index contributed by atoms with van der Waals surface area (Å²) in [6, 6.07) is 13.7. The maximum Gasteiger partial charge on any atom is 0.251 e. The number of anilines is 1. The number of rotatable bonds is 2. The first-order valence-electron chi connectivity index (χ1n) is 7.92. The van der Waals surface area contributed by atoms with Gasteiger partial charge in [-0.15, -0.1) is 11.8 Å². The van der Waals surface area contributed by atoms with E-state index in [9.17, 15) is 4.79 Å². The van der Waals surface area contributed by atoms with Crippen LogP contribution in [0.4, 0.5) is 5.69 Å². The molecule has 0 atom stereocenters. The third-order valence-electron chi connectivity index (χ3n) is 3.98. The Morgan fingerprint density at radius 1 is 1.08 bits per heavy atom. The number of fused-ring (bicyclic) bond motifs is 2. The number of hydrogen-bond acceptors (Lipinski definition) is 4. The predicted molar refractivity (Wildman–Crippen MR) is 96.0 cm³/mol. The molecule has 24 heavy (non-hydrogen) atoms. The number of amides is 1. The molecule has 0 saturated carbocycles. The second kappa shape index (κ2) is 6.61. The van der Waals surface area contributed by atoms with Gasteiger partial charge in [-0.2, -0.15) is 0 Å². The van der Waals surface area contributed by atoms with Crippen molar-refractivity contribution < 1.29 is 14.3 Å². The molecule has 1 amide bonds. The Morgan fingerprint density at radius 3 is 2.83 bits per heavy atom. The highest BCUT2D eigenvalue weighted by Crippen LogP contribution is 2.34. The molecule has 0 N–H and O–H groups in total. The highest BCUT2D eigenvalue weighted by Gasteiger charge is 2.20. The maximum absolute atomic E-state index is 12.6. The minimum Gasteiger partial charge on any atom is -0.486 e. The van der Waals surface area contributed by atoms with Crippen LogP contribution in [0.5, 0.6) is 11.5 Å². The molecule has 0 unspecified atom stereocenters.